The third-order valence-corrected chi connectivity index (χ3v) is 4.73. The molecule has 0 unspecified atom stereocenters. The van der Waals surface area contributed by atoms with Gasteiger partial charge in [0.1, 0.15) is 12.4 Å². The zero-order valence-electron chi connectivity index (χ0n) is 14.7. The number of nitrogens with one attached hydrogen (secondary N) is 1. The molecule has 0 radical (unpaired) electrons. The van der Waals surface area contributed by atoms with Gasteiger partial charge in [0, 0.05) is 19.2 Å². The number of rotatable bonds is 4. The summed E-state index contributed by atoms with van der Waals surface area (Å²) in [6.45, 7) is 2.17. The number of amides is 1. The number of aromatic amines is 1. The highest BCUT2D eigenvalue weighted by atomic mass is 16.7. The van der Waals surface area contributed by atoms with Gasteiger partial charge in [-0.2, -0.15) is 5.10 Å². The number of carbonyl (C=O) groups is 1. The van der Waals surface area contributed by atoms with E-state index in [2.05, 4.69) is 10.2 Å². The van der Waals surface area contributed by atoms with Crippen LogP contribution in [-0.4, -0.2) is 40.9 Å². The first kappa shape index (κ1) is 16.8. The molecule has 2 aromatic rings. The van der Waals surface area contributed by atoms with Gasteiger partial charge in [-0.1, -0.05) is 19.3 Å². The molecule has 1 saturated heterocycles. The van der Waals surface area contributed by atoms with Crippen LogP contribution in [0.4, 0.5) is 0 Å². The number of benzene rings is 1. The number of aromatic nitrogens is 2. The van der Waals surface area contributed by atoms with Crippen molar-refractivity contribution in [3.63, 3.8) is 0 Å². The van der Waals surface area contributed by atoms with Crippen LogP contribution < -0.4 is 14.2 Å². The quantitative estimate of drug-likeness (QED) is 0.910. The van der Waals surface area contributed by atoms with Crippen LogP contribution in [-0.2, 0) is 6.61 Å². The van der Waals surface area contributed by atoms with Crippen LogP contribution in [0.1, 0.15) is 48.3 Å². The predicted molar refractivity (Wildman–Crippen MR) is 94.5 cm³/mol. The van der Waals surface area contributed by atoms with Gasteiger partial charge in [0.2, 0.25) is 6.79 Å². The highest BCUT2D eigenvalue weighted by Gasteiger charge is 2.19. The number of fused-ring (bicyclic) bond motifs is 1. The highest BCUT2D eigenvalue weighted by molar-refractivity contribution is 5.92. The molecule has 7 nitrogen and oxygen atoms in total. The van der Waals surface area contributed by atoms with Crippen molar-refractivity contribution < 1.29 is 19.0 Å². The van der Waals surface area contributed by atoms with Crippen LogP contribution in [0.25, 0.3) is 0 Å². The number of hydrogen-bond acceptors (Lipinski definition) is 5. The van der Waals surface area contributed by atoms with Gasteiger partial charge in [0.05, 0.1) is 5.69 Å². The lowest BCUT2D eigenvalue weighted by Gasteiger charge is -2.23. The number of ether oxygens (including phenoxy) is 3. The van der Waals surface area contributed by atoms with Crippen molar-refractivity contribution in [3.05, 3.63) is 35.7 Å². The lowest BCUT2D eigenvalue weighted by Crippen LogP contribution is -2.34. The summed E-state index contributed by atoms with van der Waals surface area (Å²) in [7, 11) is 0. The smallest absolute Gasteiger partial charge is 0.274 e. The maximum atomic E-state index is 12.7. The predicted octanol–water partition coefficient (Wildman–Crippen LogP) is 3.12. The van der Waals surface area contributed by atoms with E-state index in [1.54, 1.807) is 12.1 Å². The molecule has 0 spiro atoms. The summed E-state index contributed by atoms with van der Waals surface area (Å²) >= 11 is 0. The second-order valence-corrected chi connectivity index (χ2v) is 6.64. The van der Waals surface area contributed by atoms with Crippen LogP contribution >= 0.6 is 0 Å². The van der Waals surface area contributed by atoms with Gasteiger partial charge in [0.15, 0.2) is 17.2 Å². The summed E-state index contributed by atoms with van der Waals surface area (Å²) in [6, 6.07) is 7.22. The van der Waals surface area contributed by atoms with Crippen molar-refractivity contribution in [3.8, 4) is 17.2 Å². The molecule has 7 heteroatoms. The molecule has 0 bridgehead atoms. The Labute approximate surface area is 152 Å². The Morgan fingerprint density at radius 2 is 1.85 bits per heavy atom. The first-order valence-corrected chi connectivity index (χ1v) is 9.15. The summed E-state index contributed by atoms with van der Waals surface area (Å²) in [5, 5.41) is 7.07. The van der Waals surface area contributed by atoms with Gasteiger partial charge in [-0.05, 0) is 31.0 Å². The van der Waals surface area contributed by atoms with E-state index in [0.717, 1.165) is 37.4 Å². The Balaban J connectivity index is 1.35. The molecular formula is C19H23N3O4. The fourth-order valence-electron chi connectivity index (χ4n) is 3.29. The van der Waals surface area contributed by atoms with E-state index in [-0.39, 0.29) is 12.7 Å². The summed E-state index contributed by atoms with van der Waals surface area (Å²) in [5.74, 6) is 2.08. The molecule has 1 N–H and O–H groups in total. The van der Waals surface area contributed by atoms with Gasteiger partial charge in [0.25, 0.3) is 5.91 Å². The first-order valence-electron chi connectivity index (χ1n) is 9.15. The van der Waals surface area contributed by atoms with Crippen LogP contribution in [0, 0.1) is 0 Å². The highest BCUT2D eigenvalue weighted by Crippen LogP contribution is 2.35. The zero-order valence-corrected chi connectivity index (χ0v) is 14.7. The van der Waals surface area contributed by atoms with Crippen LogP contribution in [0.5, 0.6) is 17.2 Å². The van der Waals surface area contributed by atoms with Crippen molar-refractivity contribution in [2.75, 3.05) is 19.9 Å². The Morgan fingerprint density at radius 1 is 1.08 bits per heavy atom. The van der Waals surface area contributed by atoms with E-state index in [1.807, 2.05) is 17.0 Å². The molecule has 138 valence electrons. The van der Waals surface area contributed by atoms with E-state index < -0.39 is 0 Å². The topological polar surface area (TPSA) is 76.7 Å². The Hall–Kier alpha value is -2.70. The summed E-state index contributed by atoms with van der Waals surface area (Å²) < 4.78 is 16.4. The Kier molecular flexibility index (Phi) is 4.95. The van der Waals surface area contributed by atoms with Gasteiger partial charge in [-0.3, -0.25) is 9.89 Å². The van der Waals surface area contributed by atoms with Gasteiger partial charge < -0.3 is 19.1 Å². The molecule has 26 heavy (non-hydrogen) atoms. The van der Waals surface area contributed by atoms with E-state index in [4.69, 9.17) is 14.2 Å². The maximum absolute atomic E-state index is 12.7. The van der Waals surface area contributed by atoms with Gasteiger partial charge in [-0.15, -0.1) is 0 Å². The molecule has 0 saturated carbocycles. The molecule has 2 aliphatic heterocycles. The van der Waals surface area contributed by atoms with Crippen LogP contribution in [0.2, 0.25) is 0 Å². The van der Waals surface area contributed by atoms with Crippen molar-refractivity contribution >= 4 is 5.91 Å². The lowest BCUT2D eigenvalue weighted by molar-refractivity contribution is 0.0736. The molecule has 1 fully saturated rings. The number of carbonyl (C=O) groups excluding carboxylic acids is 1. The van der Waals surface area contributed by atoms with Crippen molar-refractivity contribution in [1.29, 1.82) is 0 Å². The minimum absolute atomic E-state index is 0.00233. The number of nitrogens with zero attached hydrogens (tertiary/aromatic N) is 2. The second kappa shape index (κ2) is 7.68. The molecule has 1 amide bonds. The minimum atomic E-state index is -0.00233. The van der Waals surface area contributed by atoms with Crippen LogP contribution in [0.3, 0.4) is 0 Å². The summed E-state index contributed by atoms with van der Waals surface area (Å²) in [5.41, 5.74) is 1.22. The SMILES string of the molecule is O=C(c1cc(COc2ccc3c(c2)OCO3)[nH]n1)N1CCCCCCC1. The standard InChI is InChI=1S/C19H23N3O4/c23-19(22-8-4-2-1-3-5-9-22)16-10-14(20-21-16)12-24-15-6-7-17-18(11-15)26-13-25-17/h6-7,10-11H,1-5,8-9,12-13H2,(H,20,21). The molecule has 3 heterocycles. The largest absolute Gasteiger partial charge is 0.487 e. The average Bonchev–Trinajstić information content (AvgIpc) is 3.28. The maximum Gasteiger partial charge on any atom is 0.274 e. The molecule has 2 aliphatic rings. The minimum Gasteiger partial charge on any atom is -0.487 e. The third-order valence-electron chi connectivity index (χ3n) is 4.73. The van der Waals surface area contributed by atoms with E-state index in [9.17, 15) is 4.79 Å². The van der Waals surface area contributed by atoms with Crippen LogP contribution in [0.15, 0.2) is 24.3 Å². The van der Waals surface area contributed by atoms with Crippen molar-refractivity contribution in [2.24, 2.45) is 0 Å². The second-order valence-electron chi connectivity index (χ2n) is 6.64. The van der Waals surface area contributed by atoms with E-state index in [0.29, 0.717) is 23.8 Å². The molecule has 1 aromatic carbocycles. The summed E-state index contributed by atoms with van der Waals surface area (Å²) in [6.07, 6.45) is 5.79. The fourth-order valence-corrected chi connectivity index (χ4v) is 3.29. The molecule has 0 atom stereocenters. The van der Waals surface area contributed by atoms with E-state index >= 15 is 0 Å². The lowest BCUT2D eigenvalue weighted by atomic mass is 10.1. The van der Waals surface area contributed by atoms with Crippen molar-refractivity contribution in [1.82, 2.24) is 15.1 Å². The zero-order chi connectivity index (χ0) is 17.8. The molecule has 4 rings (SSSR count). The normalized spacial score (nSPS) is 16.8. The Bertz CT molecular complexity index is 766. The van der Waals surface area contributed by atoms with Crippen molar-refractivity contribution in [2.45, 2.75) is 38.7 Å². The van der Waals surface area contributed by atoms with Gasteiger partial charge >= 0.3 is 0 Å². The molecular weight excluding hydrogens is 334 g/mol. The number of likely N-dealkylation sites (tertiary alicyclic amines) is 1. The first-order chi connectivity index (χ1) is 12.8. The molecule has 1 aromatic heterocycles. The van der Waals surface area contributed by atoms with E-state index in [1.165, 1.54) is 19.3 Å². The number of hydrogen-bond donors (Lipinski definition) is 1. The monoisotopic (exact) mass is 357 g/mol. The third kappa shape index (κ3) is 3.76. The summed E-state index contributed by atoms with van der Waals surface area (Å²) in [4.78, 5) is 14.6. The number of H-pyrrole nitrogens is 1. The Morgan fingerprint density at radius 3 is 2.69 bits per heavy atom. The van der Waals surface area contributed by atoms with Gasteiger partial charge in [-0.25, -0.2) is 0 Å². The fraction of sp³-hybridized carbons (Fsp3) is 0.474. The molecule has 0 aliphatic carbocycles. The average molecular weight is 357 g/mol.